The summed E-state index contributed by atoms with van der Waals surface area (Å²) in [7, 11) is 1.53. The molecule has 0 aliphatic carbocycles. The normalized spacial score (nSPS) is 18.8. The van der Waals surface area contributed by atoms with Crippen molar-refractivity contribution in [2.24, 2.45) is 0 Å². The lowest BCUT2D eigenvalue weighted by molar-refractivity contribution is 0.0712. The first-order valence-electron chi connectivity index (χ1n) is 7.50. The Bertz CT molecular complexity index is 499. The van der Waals surface area contributed by atoms with Gasteiger partial charge in [-0.1, -0.05) is 0 Å². The third-order valence-electron chi connectivity index (χ3n) is 3.66. The highest BCUT2D eigenvalue weighted by Gasteiger charge is 2.24. The minimum absolute atomic E-state index is 0.0427. The van der Waals surface area contributed by atoms with Crippen LogP contribution < -0.4 is 14.8 Å². The molecule has 0 spiro atoms. The minimum Gasteiger partial charge on any atom is -0.493 e. The van der Waals surface area contributed by atoms with Crippen LogP contribution in [0.5, 0.6) is 11.5 Å². The number of nitrogens with one attached hydrogen (secondary N) is 1. The average Bonchev–Trinajstić information content (AvgIpc) is 3.07. The fourth-order valence-corrected chi connectivity index (χ4v) is 2.47. The predicted molar refractivity (Wildman–Crippen MR) is 81.5 cm³/mol. The van der Waals surface area contributed by atoms with Gasteiger partial charge in [0.25, 0.3) is 5.91 Å². The van der Waals surface area contributed by atoms with Gasteiger partial charge in [0.2, 0.25) is 0 Å². The maximum Gasteiger partial charge on any atom is 0.251 e. The summed E-state index contributed by atoms with van der Waals surface area (Å²) < 4.78 is 16.2. The van der Waals surface area contributed by atoms with Crippen LogP contribution >= 0.6 is 0 Å². The number of hydrogen-bond acceptors (Lipinski definition) is 5. The lowest BCUT2D eigenvalue weighted by Gasteiger charge is -2.20. The summed E-state index contributed by atoms with van der Waals surface area (Å²) in [5.41, 5.74) is 0.485. The van der Waals surface area contributed by atoms with Gasteiger partial charge in [0.15, 0.2) is 11.5 Å². The first-order valence-corrected chi connectivity index (χ1v) is 7.50. The molecule has 6 nitrogen and oxygen atoms in total. The molecule has 6 heteroatoms. The van der Waals surface area contributed by atoms with Gasteiger partial charge in [-0.25, -0.2) is 0 Å². The first kappa shape index (κ1) is 16.6. The van der Waals surface area contributed by atoms with Gasteiger partial charge in [-0.2, -0.15) is 0 Å². The highest BCUT2D eigenvalue weighted by atomic mass is 16.5. The third-order valence-corrected chi connectivity index (χ3v) is 3.66. The summed E-state index contributed by atoms with van der Waals surface area (Å²) in [6, 6.07) is 4.94. The smallest absolute Gasteiger partial charge is 0.251 e. The van der Waals surface area contributed by atoms with E-state index in [9.17, 15) is 4.79 Å². The van der Waals surface area contributed by atoms with Crippen molar-refractivity contribution in [2.45, 2.75) is 31.9 Å². The zero-order valence-corrected chi connectivity index (χ0v) is 13.0. The summed E-state index contributed by atoms with van der Waals surface area (Å²) in [6.45, 7) is 2.75. The lowest BCUT2D eigenvalue weighted by Crippen LogP contribution is -2.40. The van der Waals surface area contributed by atoms with Gasteiger partial charge in [-0.15, -0.1) is 0 Å². The molecule has 2 rings (SSSR count). The van der Waals surface area contributed by atoms with Crippen LogP contribution in [-0.2, 0) is 4.74 Å². The molecule has 1 fully saturated rings. The molecule has 1 saturated heterocycles. The molecule has 122 valence electrons. The van der Waals surface area contributed by atoms with E-state index in [4.69, 9.17) is 19.3 Å². The monoisotopic (exact) mass is 309 g/mol. The summed E-state index contributed by atoms with van der Waals surface area (Å²) >= 11 is 0. The highest BCUT2D eigenvalue weighted by molar-refractivity contribution is 5.95. The third kappa shape index (κ3) is 4.11. The molecule has 1 aliphatic rings. The van der Waals surface area contributed by atoms with Gasteiger partial charge < -0.3 is 24.6 Å². The Morgan fingerprint density at radius 3 is 2.95 bits per heavy atom. The summed E-state index contributed by atoms with van der Waals surface area (Å²) in [6.07, 6.45) is 2.08. The van der Waals surface area contributed by atoms with Crippen LogP contribution in [0.1, 0.15) is 30.1 Å². The van der Waals surface area contributed by atoms with Crippen molar-refractivity contribution in [3.05, 3.63) is 23.8 Å². The quantitative estimate of drug-likeness (QED) is 0.795. The molecule has 0 saturated carbocycles. The lowest BCUT2D eigenvalue weighted by atomic mass is 10.1. The van der Waals surface area contributed by atoms with Crippen molar-refractivity contribution >= 4 is 5.91 Å². The van der Waals surface area contributed by atoms with Gasteiger partial charge >= 0.3 is 0 Å². The SMILES string of the molecule is COc1ccc(C(=O)N[C@H](C)[C@@H]2CCCO2)cc1OCCO. The number of benzene rings is 1. The Morgan fingerprint density at radius 2 is 2.32 bits per heavy atom. The molecule has 1 amide bonds. The van der Waals surface area contributed by atoms with Gasteiger partial charge in [-0.3, -0.25) is 4.79 Å². The molecule has 2 N–H and O–H groups in total. The van der Waals surface area contributed by atoms with Crippen LogP contribution in [0, 0.1) is 0 Å². The summed E-state index contributed by atoms with van der Waals surface area (Å²) in [5, 5.41) is 11.8. The van der Waals surface area contributed by atoms with Gasteiger partial charge in [0.05, 0.1) is 25.9 Å². The van der Waals surface area contributed by atoms with Crippen molar-refractivity contribution < 1.29 is 24.1 Å². The Morgan fingerprint density at radius 1 is 1.50 bits per heavy atom. The van der Waals surface area contributed by atoms with Gasteiger partial charge in [-0.05, 0) is 38.0 Å². The van der Waals surface area contributed by atoms with E-state index < -0.39 is 0 Å². The number of carbonyl (C=O) groups is 1. The molecular weight excluding hydrogens is 286 g/mol. The van der Waals surface area contributed by atoms with Crippen LogP contribution in [0.4, 0.5) is 0 Å². The second-order valence-corrected chi connectivity index (χ2v) is 5.25. The zero-order chi connectivity index (χ0) is 15.9. The number of hydrogen-bond donors (Lipinski definition) is 2. The van der Waals surface area contributed by atoms with Crippen molar-refractivity contribution in [3.63, 3.8) is 0 Å². The summed E-state index contributed by atoms with van der Waals surface area (Å²) in [4.78, 5) is 12.3. The van der Waals surface area contributed by atoms with E-state index in [-0.39, 0.29) is 31.3 Å². The Labute approximate surface area is 130 Å². The largest absolute Gasteiger partial charge is 0.493 e. The standard InChI is InChI=1S/C16H23NO5/c1-11(13-4-3-8-21-13)17-16(19)12-5-6-14(20-2)15(10-12)22-9-7-18/h5-6,10-11,13,18H,3-4,7-9H2,1-2H3,(H,17,19)/t11-,13+/m1/s1. The number of aliphatic hydroxyl groups is 1. The molecule has 2 atom stereocenters. The summed E-state index contributed by atoms with van der Waals surface area (Å²) in [5.74, 6) is 0.783. The fourth-order valence-electron chi connectivity index (χ4n) is 2.47. The first-order chi connectivity index (χ1) is 10.7. The van der Waals surface area contributed by atoms with E-state index >= 15 is 0 Å². The van der Waals surface area contributed by atoms with E-state index in [0.29, 0.717) is 17.1 Å². The topological polar surface area (TPSA) is 77.0 Å². The molecule has 0 bridgehead atoms. The second kappa shape index (κ2) is 8.00. The molecule has 0 unspecified atom stereocenters. The molecule has 1 aliphatic heterocycles. The second-order valence-electron chi connectivity index (χ2n) is 5.25. The van der Waals surface area contributed by atoms with E-state index in [1.807, 2.05) is 6.92 Å². The Kier molecular flexibility index (Phi) is 6.03. The fraction of sp³-hybridized carbons (Fsp3) is 0.562. The van der Waals surface area contributed by atoms with Crippen LogP contribution in [0.2, 0.25) is 0 Å². The number of ether oxygens (including phenoxy) is 3. The van der Waals surface area contributed by atoms with Gasteiger partial charge in [0.1, 0.15) is 6.61 Å². The van der Waals surface area contributed by atoms with Crippen molar-refractivity contribution in [1.82, 2.24) is 5.32 Å². The van der Waals surface area contributed by atoms with Crippen molar-refractivity contribution in [3.8, 4) is 11.5 Å². The van der Waals surface area contributed by atoms with Gasteiger partial charge in [0, 0.05) is 12.2 Å². The number of aliphatic hydroxyl groups excluding tert-OH is 1. The van der Waals surface area contributed by atoms with Crippen molar-refractivity contribution in [2.75, 3.05) is 26.9 Å². The number of methoxy groups -OCH3 is 1. The maximum absolute atomic E-state index is 12.3. The molecule has 0 aromatic heterocycles. The molecule has 0 radical (unpaired) electrons. The van der Waals surface area contributed by atoms with Crippen molar-refractivity contribution in [1.29, 1.82) is 0 Å². The number of amides is 1. The average molecular weight is 309 g/mol. The Hall–Kier alpha value is -1.79. The molecular formula is C16H23NO5. The Balaban J connectivity index is 2.04. The molecule has 1 aromatic rings. The number of rotatable bonds is 7. The number of carbonyl (C=O) groups excluding carboxylic acids is 1. The zero-order valence-electron chi connectivity index (χ0n) is 13.0. The molecule has 1 aromatic carbocycles. The maximum atomic E-state index is 12.3. The van der Waals surface area contributed by atoms with Crippen LogP contribution in [-0.4, -0.2) is 50.1 Å². The molecule has 22 heavy (non-hydrogen) atoms. The van der Waals surface area contributed by atoms with Crippen LogP contribution in [0.15, 0.2) is 18.2 Å². The van der Waals surface area contributed by atoms with E-state index in [0.717, 1.165) is 19.4 Å². The minimum atomic E-state index is -0.181. The van der Waals surface area contributed by atoms with E-state index in [2.05, 4.69) is 5.32 Å². The predicted octanol–water partition coefficient (Wildman–Crippen LogP) is 1.36. The van der Waals surface area contributed by atoms with E-state index in [1.165, 1.54) is 7.11 Å². The van der Waals surface area contributed by atoms with Crippen LogP contribution in [0.3, 0.4) is 0 Å². The highest BCUT2D eigenvalue weighted by Crippen LogP contribution is 2.28. The molecule has 1 heterocycles. The van der Waals surface area contributed by atoms with E-state index in [1.54, 1.807) is 18.2 Å². The van der Waals surface area contributed by atoms with Crippen LogP contribution in [0.25, 0.3) is 0 Å².